The lowest BCUT2D eigenvalue weighted by molar-refractivity contribution is -0.127. The Morgan fingerprint density at radius 2 is 1.55 bits per heavy atom. The van der Waals surface area contributed by atoms with Crippen LogP contribution < -0.4 is 0 Å². The highest BCUT2D eigenvalue weighted by Crippen LogP contribution is 2.71. The number of allylic oxidation sites excluding steroid dienone is 2. The van der Waals surface area contributed by atoms with Crippen molar-refractivity contribution in [2.45, 2.75) is 173 Å². The molecule has 0 heterocycles. The van der Waals surface area contributed by atoms with E-state index >= 15 is 0 Å². The van der Waals surface area contributed by atoms with Gasteiger partial charge in [-0.25, -0.2) is 0 Å². The zero-order valence-electron chi connectivity index (χ0n) is 29.6. The van der Waals surface area contributed by atoms with Gasteiger partial charge in [0.1, 0.15) is 6.61 Å². The van der Waals surface area contributed by atoms with E-state index in [1.165, 1.54) is 71.1 Å². The normalized spacial score (nSPS) is 33.3. The van der Waals surface area contributed by atoms with Gasteiger partial charge in [0.05, 0.1) is 5.60 Å². The zero-order valence-corrected chi connectivity index (χ0v) is 29.6. The van der Waals surface area contributed by atoms with E-state index in [2.05, 4.69) is 69.2 Å². The van der Waals surface area contributed by atoms with Crippen molar-refractivity contribution in [3.8, 4) is 0 Å². The summed E-state index contributed by atoms with van der Waals surface area (Å²) >= 11 is 0. The molecular formula is C38H70O2. The number of ketones is 1. The van der Waals surface area contributed by atoms with Crippen LogP contribution in [0.2, 0.25) is 0 Å². The monoisotopic (exact) mass is 559 g/mol. The fourth-order valence-corrected chi connectivity index (χ4v) is 9.37. The molecule has 0 radical (unpaired) electrons. The van der Waals surface area contributed by atoms with E-state index in [9.17, 15) is 4.79 Å². The number of ether oxygens (including phenoxy) is 1. The molecule has 234 valence electrons. The molecule has 0 N–H and O–H groups in total. The Hall–Kier alpha value is -0.630. The summed E-state index contributed by atoms with van der Waals surface area (Å²) in [7, 11) is 0. The molecule has 2 heteroatoms. The van der Waals surface area contributed by atoms with E-state index in [4.69, 9.17) is 4.74 Å². The summed E-state index contributed by atoms with van der Waals surface area (Å²) in [6.45, 7) is 33.2. The van der Waals surface area contributed by atoms with Crippen molar-refractivity contribution in [1.82, 2.24) is 0 Å². The van der Waals surface area contributed by atoms with Crippen LogP contribution in [0.5, 0.6) is 0 Å². The molecule has 0 saturated heterocycles. The molecule has 1 saturated carbocycles. The molecule has 0 bridgehead atoms. The Morgan fingerprint density at radius 3 is 2.05 bits per heavy atom. The number of hydrogen-bond donors (Lipinski definition) is 0. The van der Waals surface area contributed by atoms with E-state index in [1.54, 1.807) is 0 Å². The SMILES string of the molecule is CCC(C)(C)OCC(C)=O.CC[C@]1(C)C2=C(CCC1C(C)(C)C)[C@]1(C)CC[C@H]([C@H](C)CCCC(C)C)[C@@]1(C)CC2. The molecule has 6 atom stereocenters. The van der Waals surface area contributed by atoms with Crippen molar-refractivity contribution in [2.75, 3.05) is 6.61 Å². The standard InChI is InChI=1S/C30H54.C8H16O2/c1-11-28(8)24-18-20-29(9)23(22(4)14-12-13-21(2)3)17-19-30(29,10)25(24)15-16-26(28)27(5,6)7;1-5-8(3,4)10-6-7(2)9/h21-23,26H,11-20H2,1-10H3;5-6H2,1-4H3/t22-,23-,26?,28-,29-,30+;/m1./s1. The van der Waals surface area contributed by atoms with Crippen LogP contribution in [-0.4, -0.2) is 18.0 Å². The first-order valence-corrected chi connectivity index (χ1v) is 17.2. The van der Waals surface area contributed by atoms with Crippen LogP contribution in [0.25, 0.3) is 0 Å². The highest BCUT2D eigenvalue weighted by Gasteiger charge is 2.61. The second kappa shape index (κ2) is 13.3. The van der Waals surface area contributed by atoms with Crippen molar-refractivity contribution in [2.24, 2.45) is 45.3 Å². The molecule has 0 aromatic heterocycles. The minimum Gasteiger partial charge on any atom is -0.368 e. The van der Waals surface area contributed by atoms with Gasteiger partial charge in [-0.05, 0) is 117 Å². The highest BCUT2D eigenvalue weighted by molar-refractivity contribution is 5.76. The van der Waals surface area contributed by atoms with E-state index in [0.29, 0.717) is 21.7 Å². The average Bonchev–Trinajstić information content (AvgIpc) is 3.14. The second-order valence-corrected chi connectivity index (χ2v) is 17.0. The van der Waals surface area contributed by atoms with E-state index in [1.807, 2.05) is 31.9 Å². The molecule has 0 amide bonds. The average molecular weight is 559 g/mol. The summed E-state index contributed by atoms with van der Waals surface area (Å²) in [4.78, 5) is 10.5. The molecule has 3 aliphatic carbocycles. The third-order valence-electron chi connectivity index (χ3n) is 12.5. The fourth-order valence-electron chi connectivity index (χ4n) is 9.37. The predicted octanol–water partition coefficient (Wildman–Crippen LogP) is 11.6. The molecule has 0 aromatic rings. The van der Waals surface area contributed by atoms with Crippen molar-refractivity contribution in [3.63, 3.8) is 0 Å². The van der Waals surface area contributed by atoms with Gasteiger partial charge in [0.25, 0.3) is 0 Å². The Labute approximate surface area is 251 Å². The molecule has 1 unspecified atom stereocenters. The first-order valence-electron chi connectivity index (χ1n) is 17.2. The maximum atomic E-state index is 10.5. The maximum absolute atomic E-state index is 10.5. The number of rotatable bonds is 10. The number of Topliss-reactive ketones (excluding diaryl/α,β-unsaturated/α-hetero) is 1. The number of carbonyl (C=O) groups excluding carboxylic acids is 1. The molecule has 0 aliphatic heterocycles. The van der Waals surface area contributed by atoms with Crippen LogP contribution in [0.3, 0.4) is 0 Å². The van der Waals surface area contributed by atoms with Gasteiger partial charge in [-0.1, -0.05) is 107 Å². The minimum absolute atomic E-state index is 0.0847. The molecule has 1 fully saturated rings. The quantitative estimate of drug-likeness (QED) is 0.249. The molecule has 0 aromatic carbocycles. The Kier molecular flexibility index (Phi) is 11.9. The summed E-state index contributed by atoms with van der Waals surface area (Å²) in [6.07, 6.45) is 15.1. The molecule has 0 spiro atoms. The van der Waals surface area contributed by atoms with Crippen LogP contribution in [0.4, 0.5) is 0 Å². The van der Waals surface area contributed by atoms with Gasteiger partial charge in [0.15, 0.2) is 5.78 Å². The van der Waals surface area contributed by atoms with Crippen LogP contribution in [0.15, 0.2) is 11.1 Å². The van der Waals surface area contributed by atoms with Crippen molar-refractivity contribution in [1.29, 1.82) is 0 Å². The predicted molar refractivity (Wildman–Crippen MR) is 175 cm³/mol. The summed E-state index contributed by atoms with van der Waals surface area (Å²) in [5.74, 6) is 3.59. The van der Waals surface area contributed by atoms with E-state index < -0.39 is 0 Å². The first kappa shape index (κ1) is 35.6. The first-order chi connectivity index (χ1) is 18.3. The van der Waals surface area contributed by atoms with Crippen molar-refractivity contribution >= 4 is 5.78 Å². The third-order valence-corrected chi connectivity index (χ3v) is 12.5. The summed E-state index contributed by atoms with van der Waals surface area (Å²) in [6, 6.07) is 0. The summed E-state index contributed by atoms with van der Waals surface area (Å²) in [5.41, 5.74) is 5.52. The largest absolute Gasteiger partial charge is 0.368 e. The lowest BCUT2D eigenvalue weighted by Crippen LogP contribution is -2.49. The Morgan fingerprint density at radius 1 is 0.925 bits per heavy atom. The van der Waals surface area contributed by atoms with Gasteiger partial charge >= 0.3 is 0 Å². The fraction of sp³-hybridized carbons (Fsp3) is 0.921. The van der Waals surface area contributed by atoms with Gasteiger partial charge in [0, 0.05) is 0 Å². The third kappa shape index (κ3) is 7.47. The second-order valence-electron chi connectivity index (χ2n) is 17.0. The van der Waals surface area contributed by atoms with E-state index in [0.717, 1.165) is 30.1 Å². The Bertz CT molecular complexity index is 872. The molecule has 3 rings (SSSR count). The van der Waals surface area contributed by atoms with Crippen molar-refractivity contribution < 1.29 is 9.53 Å². The molecule has 2 nitrogen and oxygen atoms in total. The lowest BCUT2D eigenvalue weighted by atomic mass is 9.45. The summed E-state index contributed by atoms with van der Waals surface area (Å²) < 4.78 is 5.29. The Balaban J connectivity index is 0.000000478. The molecular weight excluding hydrogens is 488 g/mol. The van der Waals surface area contributed by atoms with Gasteiger partial charge in [-0.2, -0.15) is 0 Å². The smallest absolute Gasteiger partial charge is 0.155 e. The zero-order chi connectivity index (χ0) is 30.7. The highest BCUT2D eigenvalue weighted by atomic mass is 16.5. The van der Waals surface area contributed by atoms with Gasteiger partial charge in [-0.15, -0.1) is 0 Å². The maximum Gasteiger partial charge on any atom is 0.155 e. The number of fused-ring (bicyclic) bond motifs is 2. The number of carbonyl (C=O) groups is 1. The van der Waals surface area contributed by atoms with Crippen LogP contribution in [0.1, 0.15) is 168 Å². The van der Waals surface area contributed by atoms with Crippen LogP contribution in [0, 0.1) is 45.3 Å². The van der Waals surface area contributed by atoms with Gasteiger partial charge < -0.3 is 4.74 Å². The lowest BCUT2D eigenvalue weighted by Gasteiger charge is -2.59. The van der Waals surface area contributed by atoms with Gasteiger partial charge in [-0.3, -0.25) is 4.79 Å². The topological polar surface area (TPSA) is 26.3 Å². The number of hydrogen-bond acceptors (Lipinski definition) is 2. The van der Waals surface area contributed by atoms with Gasteiger partial charge in [0.2, 0.25) is 0 Å². The van der Waals surface area contributed by atoms with E-state index in [-0.39, 0.29) is 18.0 Å². The van der Waals surface area contributed by atoms with Crippen LogP contribution >= 0.6 is 0 Å². The van der Waals surface area contributed by atoms with Crippen molar-refractivity contribution in [3.05, 3.63) is 11.1 Å². The summed E-state index contributed by atoms with van der Waals surface area (Å²) in [5, 5.41) is 0. The molecule has 3 aliphatic rings. The van der Waals surface area contributed by atoms with Crippen LogP contribution in [-0.2, 0) is 9.53 Å². The minimum atomic E-state index is -0.147. The molecule has 40 heavy (non-hydrogen) atoms.